The van der Waals surface area contributed by atoms with Gasteiger partial charge in [0, 0.05) is 5.54 Å². The van der Waals surface area contributed by atoms with Gasteiger partial charge in [-0.05, 0) is 91.7 Å². The first-order valence-electron chi connectivity index (χ1n) is 11.2. The fourth-order valence-corrected chi connectivity index (χ4v) is 7.14. The Morgan fingerprint density at radius 3 is 2.40 bits per heavy atom. The molecule has 5 aliphatic carbocycles. The third-order valence-corrected chi connectivity index (χ3v) is 8.26. The third kappa shape index (κ3) is 3.59. The van der Waals surface area contributed by atoms with Crippen molar-refractivity contribution in [2.45, 2.75) is 68.1 Å². The van der Waals surface area contributed by atoms with Crippen LogP contribution in [0.1, 0.15) is 57.4 Å². The van der Waals surface area contributed by atoms with Gasteiger partial charge in [-0.25, -0.2) is 4.68 Å². The molecule has 5 aliphatic rings. The average Bonchev–Trinajstić information content (AvgIpc) is 3.44. The van der Waals surface area contributed by atoms with Gasteiger partial charge in [0.2, 0.25) is 11.1 Å². The lowest BCUT2D eigenvalue weighted by Gasteiger charge is -2.57. The summed E-state index contributed by atoms with van der Waals surface area (Å²) in [4.78, 5) is 12.7. The SMILES string of the molecule is O=C(CSc1nnnn1C1CC1)Nc1ccccc1NC12CC3CC(CC(C3)C1)C2. The zero-order chi connectivity index (χ0) is 20.1. The van der Waals surface area contributed by atoms with Crippen molar-refractivity contribution in [3.05, 3.63) is 24.3 Å². The lowest BCUT2D eigenvalue weighted by Crippen LogP contribution is -2.54. The van der Waals surface area contributed by atoms with E-state index in [4.69, 9.17) is 0 Å². The van der Waals surface area contributed by atoms with Gasteiger partial charge < -0.3 is 10.6 Å². The molecule has 0 radical (unpaired) electrons. The van der Waals surface area contributed by atoms with Gasteiger partial charge in [0.05, 0.1) is 23.2 Å². The highest BCUT2D eigenvalue weighted by Gasteiger charge is 2.51. The van der Waals surface area contributed by atoms with Crippen LogP contribution in [0.5, 0.6) is 0 Å². The van der Waals surface area contributed by atoms with Gasteiger partial charge in [-0.15, -0.1) is 5.10 Å². The van der Waals surface area contributed by atoms with E-state index >= 15 is 0 Å². The zero-order valence-electron chi connectivity index (χ0n) is 17.1. The Hall–Kier alpha value is -2.09. The summed E-state index contributed by atoms with van der Waals surface area (Å²) in [6.45, 7) is 0. The van der Waals surface area contributed by atoms with Crippen molar-refractivity contribution in [1.29, 1.82) is 0 Å². The van der Waals surface area contributed by atoms with Crippen LogP contribution in [0.3, 0.4) is 0 Å². The number of thioether (sulfide) groups is 1. The predicted molar refractivity (Wildman–Crippen MR) is 116 cm³/mol. The maximum absolute atomic E-state index is 12.7. The molecule has 1 amide bonds. The van der Waals surface area contributed by atoms with Gasteiger partial charge >= 0.3 is 0 Å². The van der Waals surface area contributed by atoms with E-state index < -0.39 is 0 Å². The van der Waals surface area contributed by atoms with E-state index in [2.05, 4.69) is 38.3 Å². The first kappa shape index (κ1) is 18.7. The predicted octanol–water partition coefficient (Wildman–Crippen LogP) is 4.12. The second-order valence-electron chi connectivity index (χ2n) is 9.84. The standard InChI is InChI=1S/C22H28N6OS/c29-20(13-30-21-25-26-27-28(21)17-5-6-17)23-18-3-1-2-4-19(18)24-22-10-14-7-15(11-22)9-16(8-14)12-22/h1-4,14-17,24H,5-13H2,(H,23,29). The molecule has 7 nitrogen and oxygen atoms in total. The summed E-state index contributed by atoms with van der Waals surface area (Å²) < 4.78 is 1.85. The molecule has 0 atom stereocenters. The van der Waals surface area contributed by atoms with Crippen molar-refractivity contribution in [3.8, 4) is 0 Å². The molecule has 0 spiro atoms. The molecule has 7 rings (SSSR count). The second kappa shape index (κ2) is 7.25. The quantitative estimate of drug-likeness (QED) is 0.651. The molecule has 1 aromatic heterocycles. The summed E-state index contributed by atoms with van der Waals surface area (Å²) in [5, 5.41) is 19.6. The van der Waals surface area contributed by atoms with Gasteiger partial charge in [0.1, 0.15) is 0 Å². The number of anilines is 2. The van der Waals surface area contributed by atoms with Crippen molar-refractivity contribution in [1.82, 2.24) is 20.2 Å². The molecule has 158 valence electrons. The summed E-state index contributed by atoms with van der Waals surface area (Å²) in [6.07, 6.45) is 10.4. The Kier molecular flexibility index (Phi) is 4.51. The van der Waals surface area contributed by atoms with Gasteiger partial charge in [-0.3, -0.25) is 4.79 Å². The fraction of sp³-hybridized carbons (Fsp3) is 0.636. The number of nitrogens with one attached hydrogen (secondary N) is 2. The van der Waals surface area contributed by atoms with Gasteiger partial charge in [-0.1, -0.05) is 23.9 Å². The Morgan fingerprint density at radius 1 is 1.07 bits per heavy atom. The Morgan fingerprint density at radius 2 is 1.73 bits per heavy atom. The third-order valence-electron chi connectivity index (χ3n) is 7.33. The molecule has 2 N–H and O–H groups in total. The maximum atomic E-state index is 12.7. The molecule has 2 aromatic rings. The Bertz CT molecular complexity index is 919. The largest absolute Gasteiger partial charge is 0.378 e. The summed E-state index contributed by atoms with van der Waals surface area (Å²) in [6, 6.07) is 8.56. The molecular weight excluding hydrogens is 396 g/mol. The van der Waals surface area contributed by atoms with Gasteiger partial charge in [0.15, 0.2) is 0 Å². The Labute approximate surface area is 180 Å². The highest BCUT2D eigenvalue weighted by molar-refractivity contribution is 7.99. The van der Waals surface area contributed by atoms with E-state index in [1.807, 2.05) is 16.8 Å². The first-order chi connectivity index (χ1) is 14.7. The number of aromatic nitrogens is 4. The number of carbonyl (C=O) groups is 1. The number of benzene rings is 1. The number of hydrogen-bond donors (Lipinski definition) is 2. The molecule has 30 heavy (non-hydrogen) atoms. The highest BCUT2D eigenvalue weighted by atomic mass is 32.2. The molecule has 8 heteroatoms. The molecule has 1 heterocycles. The number of para-hydroxylation sites is 2. The summed E-state index contributed by atoms with van der Waals surface area (Å²) >= 11 is 1.40. The van der Waals surface area contributed by atoms with Crippen LogP contribution in [-0.2, 0) is 4.79 Å². The summed E-state index contributed by atoms with van der Waals surface area (Å²) in [5.41, 5.74) is 2.15. The normalized spacial score (nSPS) is 31.7. The topological polar surface area (TPSA) is 84.7 Å². The smallest absolute Gasteiger partial charge is 0.234 e. The van der Waals surface area contributed by atoms with E-state index in [1.54, 1.807) is 0 Å². The van der Waals surface area contributed by atoms with Crippen LogP contribution in [0, 0.1) is 17.8 Å². The fourth-order valence-electron chi connectivity index (χ4n) is 6.40. The number of tetrazole rings is 1. The van der Waals surface area contributed by atoms with Crippen molar-refractivity contribution in [3.63, 3.8) is 0 Å². The van der Waals surface area contributed by atoms with Crippen molar-refractivity contribution >= 4 is 29.0 Å². The number of hydrogen-bond acceptors (Lipinski definition) is 6. The number of nitrogens with zero attached hydrogens (tertiary/aromatic N) is 4. The second-order valence-corrected chi connectivity index (χ2v) is 10.8. The lowest BCUT2D eigenvalue weighted by atomic mass is 9.53. The van der Waals surface area contributed by atoms with Crippen molar-refractivity contribution < 1.29 is 4.79 Å². The van der Waals surface area contributed by atoms with Crippen molar-refractivity contribution in [2.75, 3.05) is 16.4 Å². The van der Waals surface area contributed by atoms with Crippen LogP contribution in [0.15, 0.2) is 29.4 Å². The average molecular weight is 425 g/mol. The molecule has 0 unspecified atom stereocenters. The molecule has 4 bridgehead atoms. The van der Waals surface area contributed by atoms with Gasteiger partial charge in [0.25, 0.3) is 0 Å². The zero-order valence-corrected chi connectivity index (χ0v) is 17.9. The van der Waals surface area contributed by atoms with E-state index in [-0.39, 0.29) is 11.4 Å². The number of carbonyl (C=O) groups excluding carboxylic acids is 1. The molecule has 1 aromatic carbocycles. The minimum atomic E-state index is -0.0230. The summed E-state index contributed by atoms with van der Waals surface area (Å²) in [5.74, 6) is 2.95. The van der Waals surface area contributed by atoms with E-state index in [9.17, 15) is 4.79 Å². The minimum Gasteiger partial charge on any atom is -0.378 e. The lowest BCUT2D eigenvalue weighted by molar-refractivity contribution is -0.113. The molecule has 5 saturated carbocycles. The monoisotopic (exact) mass is 424 g/mol. The number of amides is 1. The van der Waals surface area contributed by atoms with Gasteiger partial charge in [-0.2, -0.15) is 0 Å². The maximum Gasteiger partial charge on any atom is 0.234 e. The molecule has 5 fully saturated rings. The van der Waals surface area contributed by atoms with Crippen LogP contribution in [-0.4, -0.2) is 37.4 Å². The minimum absolute atomic E-state index is 0.0230. The molecule has 0 aliphatic heterocycles. The first-order valence-corrected chi connectivity index (χ1v) is 12.2. The van der Waals surface area contributed by atoms with Crippen LogP contribution in [0.4, 0.5) is 11.4 Å². The molecule has 0 saturated heterocycles. The van der Waals surface area contributed by atoms with E-state index in [1.165, 1.54) is 50.3 Å². The number of rotatable bonds is 7. The van der Waals surface area contributed by atoms with Crippen LogP contribution in [0.2, 0.25) is 0 Å². The summed E-state index contributed by atoms with van der Waals surface area (Å²) in [7, 11) is 0. The van der Waals surface area contributed by atoms with E-state index in [0.717, 1.165) is 47.1 Å². The van der Waals surface area contributed by atoms with E-state index in [0.29, 0.717) is 11.8 Å². The van der Waals surface area contributed by atoms with Crippen LogP contribution in [0.25, 0.3) is 0 Å². The molecular formula is C22H28N6OS. The van der Waals surface area contributed by atoms with Crippen LogP contribution >= 0.6 is 11.8 Å². The Balaban J connectivity index is 1.13. The highest BCUT2D eigenvalue weighted by Crippen LogP contribution is 2.56. The van der Waals surface area contributed by atoms with Crippen molar-refractivity contribution in [2.24, 2.45) is 17.8 Å². The van der Waals surface area contributed by atoms with Crippen LogP contribution < -0.4 is 10.6 Å².